The Morgan fingerprint density at radius 3 is 2.70 bits per heavy atom. The molecule has 0 spiro atoms. The summed E-state index contributed by atoms with van der Waals surface area (Å²) < 4.78 is 19.4. The van der Waals surface area contributed by atoms with Crippen LogP contribution in [0.25, 0.3) is 5.70 Å². The molecule has 0 aliphatic carbocycles. The first-order chi connectivity index (χ1) is 15.7. The van der Waals surface area contributed by atoms with Gasteiger partial charge in [0, 0.05) is 30.4 Å². The zero-order valence-corrected chi connectivity index (χ0v) is 19.4. The highest BCUT2D eigenvalue weighted by molar-refractivity contribution is 6.35. The Hall–Kier alpha value is -3.39. The zero-order valence-electron chi connectivity index (χ0n) is 18.7. The van der Waals surface area contributed by atoms with E-state index in [1.807, 2.05) is 0 Å². The summed E-state index contributed by atoms with van der Waals surface area (Å²) in [6, 6.07) is 8.74. The number of nitrogens with two attached hydrogens (primary N) is 1. The van der Waals surface area contributed by atoms with E-state index < -0.39 is 17.8 Å². The molecule has 174 valence electrons. The van der Waals surface area contributed by atoms with Crippen molar-refractivity contribution in [1.29, 1.82) is 5.41 Å². The summed E-state index contributed by atoms with van der Waals surface area (Å²) in [6.45, 7) is 2.12. The van der Waals surface area contributed by atoms with Crippen LogP contribution in [0.3, 0.4) is 0 Å². The van der Waals surface area contributed by atoms with Gasteiger partial charge >= 0.3 is 0 Å². The minimum absolute atomic E-state index is 0.0888. The van der Waals surface area contributed by atoms with Gasteiger partial charge in [-0.1, -0.05) is 17.7 Å². The smallest absolute Gasteiger partial charge is 0.256 e. The number of halogens is 2. The first-order valence-electron chi connectivity index (χ1n) is 10.4. The zero-order chi connectivity index (χ0) is 24.3. The molecule has 33 heavy (non-hydrogen) atoms. The van der Waals surface area contributed by atoms with Gasteiger partial charge in [0.15, 0.2) is 0 Å². The van der Waals surface area contributed by atoms with Crippen LogP contribution in [-0.2, 0) is 11.2 Å². The molecule has 0 aromatic heterocycles. The lowest BCUT2D eigenvalue weighted by Crippen LogP contribution is -2.48. The van der Waals surface area contributed by atoms with Crippen molar-refractivity contribution >= 4 is 34.8 Å². The predicted octanol–water partition coefficient (Wildman–Crippen LogP) is 3.40. The number of benzene rings is 2. The molecule has 2 amide bonds. The number of amides is 2. The predicted molar refractivity (Wildman–Crippen MR) is 126 cm³/mol. The molecule has 9 heteroatoms. The number of hydrogen-bond donors (Lipinski definition) is 3. The van der Waals surface area contributed by atoms with Gasteiger partial charge in [0.05, 0.1) is 35.9 Å². The molecule has 2 aromatic rings. The fourth-order valence-corrected chi connectivity index (χ4v) is 4.35. The third kappa shape index (κ3) is 5.01. The second-order valence-electron chi connectivity index (χ2n) is 7.75. The van der Waals surface area contributed by atoms with Crippen LogP contribution < -0.4 is 15.8 Å². The third-order valence-electron chi connectivity index (χ3n) is 5.66. The quantitative estimate of drug-likeness (QED) is 0.598. The van der Waals surface area contributed by atoms with Crippen molar-refractivity contribution in [3.05, 3.63) is 69.5 Å². The van der Waals surface area contributed by atoms with Gasteiger partial charge in [-0.15, -0.1) is 0 Å². The highest BCUT2D eigenvalue weighted by Gasteiger charge is 2.33. The van der Waals surface area contributed by atoms with E-state index in [0.717, 1.165) is 0 Å². The molecule has 3 rings (SSSR count). The number of rotatable bonds is 6. The number of carbonyl (C=O) groups excluding carboxylic acids is 2. The fraction of sp³-hybridized carbons (Fsp3) is 0.292. The Balaban J connectivity index is 1.94. The normalized spacial score (nSPS) is 17.5. The van der Waals surface area contributed by atoms with Crippen LogP contribution in [0, 0.1) is 11.2 Å². The first-order valence-corrected chi connectivity index (χ1v) is 10.8. The minimum atomic E-state index is -0.561. The summed E-state index contributed by atoms with van der Waals surface area (Å²) >= 11 is 6.34. The summed E-state index contributed by atoms with van der Waals surface area (Å²) in [5.41, 5.74) is 8.00. The van der Waals surface area contributed by atoms with Gasteiger partial charge < -0.3 is 26.1 Å². The number of nitrogens with one attached hydrogen (secondary N) is 2. The number of ether oxygens (including phenoxy) is 1. The Morgan fingerprint density at radius 2 is 2.06 bits per heavy atom. The molecule has 1 heterocycles. The van der Waals surface area contributed by atoms with Crippen LogP contribution in [-0.4, -0.2) is 49.2 Å². The number of piperidine rings is 1. The fourth-order valence-electron chi connectivity index (χ4n) is 4.06. The maximum Gasteiger partial charge on any atom is 0.256 e. The van der Waals surface area contributed by atoms with Gasteiger partial charge in [-0.2, -0.15) is 0 Å². The summed E-state index contributed by atoms with van der Waals surface area (Å²) in [5.74, 6) is -0.958. The van der Waals surface area contributed by atoms with E-state index in [0.29, 0.717) is 46.7 Å². The number of likely N-dealkylation sites (tertiary alicyclic amines) is 1. The highest BCUT2D eigenvalue weighted by atomic mass is 35.5. The Bertz CT molecular complexity index is 1150. The molecule has 0 radical (unpaired) electrons. The number of methoxy groups -OCH3 is 1. The van der Waals surface area contributed by atoms with E-state index in [1.54, 1.807) is 43.1 Å². The molecule has 4 N–H and O–H groups in total. The van der Waals surface area contributed by atoms with Gasteiger partial charge in [0.1, 0.15) is 11.6 Å². The molecule has 1 aliphatic rings. The topological polar surface area (TPSA) is 109 Å². The number of hydrogen-bond acceptors (Lipinski definition) is 5. The maximum absolute atomic E-state index is 14.2. The molecule has 1 atom stereocenters. The molecule has 1 saturated heterocycles. The van der Waals surface area contributed by atoms with Crippen molar-refractivity contribution in [2.24, 2.45) is 5.73 Å². The van der Waals surface area contributed by atoms with E-state index in [4.69, 9.17) is 27.5 Å². The maximum atomic E-state index is 14.2. The standard InChI is InChI=1S/C24H26ClFN4O3/c1-13-22(28)18(23(29-2)15-9-14(11-20(27)31)10-16(26)12-15)7-8-30(13)24(32)17-5-4-6-19(33-3)21(17)25/h4-6,9-10,12-13,28-29H,7-8,11H2,1-3H3,(H2,27,31)/b23-18-,28-22?/t13-/m0/s1. The van der Waals surface area contributed by atoms with Crippen molar-refractivity contribution in [2.75, 3.05) is 20.7 Å². The largest absolute Gasteiger partial charge is 0.495 e. The van der Waals surface area contributed by atoms with Crippen LogP contribution in [0.5, 0.6) is 5.75 Å². The Kier molecular flexibility index (Phi) is 7.38. The Morgan fingerprint density at radius 1 is 1.33 bits per heavy atom. The molecule has 1 aliphatic heterocycles. The van der Waals surface area contributed by atoms with Gasteiger partial charge in [-0.25, -0.2) is 4.39 Å². The van der Waals surface area contributed by atoms with Gasteiger partial charge in [-0.3, -0.25) is 9.59 Å². The molecule has 1 fully saturated rings. The lowest BCUT2D eigenvalue weighted by atomic mass is 9.90. The third-order valence-corrected chi connectivity index (χ3v) is 6.05. The molecule has 2 aromatic carbocycles. The van der Waals surface area contributed by atoms with E-state index in [2.05, 4.69) is 5.32 Å². The van der Waals surface area contributed by atoms with E-state index in [1.165, 1.54) is 19.2 Å². The summed E-state index contributed by atoms with van der Waals surface area (Å²) in [7, 11) is 3.17. The molecular formula is C24H26ClFN4O3. The number of carbonyl (C=O) groups is 2. The number of nitrogens with zero attached hydrogens (tertiary/aromatic N) is 1. The average molecular weight is 473 g/mol. The van der Waals surface area contributed by atoms with Crippen LogP contribution in [0.1, 0.15) is 34.8 Å². The van der Waals surface area contributed by atoms with E-state index in [-0.39, 0.29) is 23.1 Å². The molecular weight excluding hydrogens is 447 g/mol. The van der Waals surface area contributed by atoms with Gasteiger partial charge in [0.2, 0.25) is 5.91 Å². The monoisotopic (exact) mass is 472 g/mol. The first kappa shape index (κ1) is 24.3. The second kappa shape index (κ2) is 10.0. The molecule has 0 unspecified atom stereocenters. The van der Waals surface area contributed by atoms with Crippen molar-refractivity contribution < 1.29 is 18.7 Å². The Labute approximate surface area is 196 Å². The highest BCUT2D eigenvalue weighted by Crippen LogP contribution is 2.32. The summed E-state index contributed by atoms with van der Waals surface area (Å²) in [5, 5.41) is 12.0. The van der Waals surface area contributed by atoms with Crippen molar-refractivity contribution in [3.8, 4) is 5.75 Å². The van der Waals surface area contributed by atoms with Crippen molar-refractivity contribution in [1.82, 2.24) is 10.2 Å². The van der Waals surface area contributed by atoms with Crippen molar-refractivity contribution in [3.63, 3.8) is 0 Å². The van der Waals surface area contributed by atoms with Crippen LogP contribution in [0.4, 0.5) is 4.39 Å². The number of primary amides is 1. The lowest BCUT2D eigenvalue weighted by Gasteiger charge is -2.36. The molecule has 7 nitrogen and oxygen atoms in total. The summed E-state index contributed by atoms with van der Waals surface area (Å²) in [6.07, 6.45) is 0.294. The lowest BCUT2D eigenvalue weighted by molar-refractivity contribution is -0.117. The van der Waals surface area contributed by atoms with E-state index in [9.17, 15) is 14.0 Å². The SMILES string of the molecule is CN/C(=C1/CCN(C(=O)c2cccc(OC)c2Cl)[C@@H](C)C1=N)c1cc(F)cc(CC(N)=O)c1. The summed E-state index contributed by atoms with van der Waals surface area (Å²) in [4.78, 5) is 26.1. The van der Waals surface area contributed by atoms with Gasteiger partial charge in [0.25, 0.3) is 5.91 Å². The van der Waals surface area contributed by atoms with Gasteiger partial charge in [-0.05, 0) is 49.2 Å². The minimum Gasteiger partial charge on any atom is -0.495 e. The van der Waals surface area contributed by atoms with Crippen LogP contribution >= 0.6 is 11.6 Å². The van der Waals surface area contributed by atoms with Crippen LogP contribution in [0.15, 0.2) is 42.0 Å². The van der Waals surface area contributed by atoms with Crippen molar-refractivity contribution in [2.45, 2.75) is 25.8 Å². The average Bonchev–Trinajstić information content (AvgIpc) is 2.76. The molecule has 0 bridgehead atoms. The second-order valence-corrected chi connectivity index (χ2v) is 8.13. The molecule has 0 saturated carbocycles. The van der Waals surface area contributed by atoms with Crippen LogP contribution in [0.2, 0.25) is 5.02 Å². The van der Waals surface area contributed by atoms with E-state index >= 15 is 0 Å².